The van der Waals surface area contributed by atoms with E-state index >= 15 is 0 Å². The lowest BCUT2D eigenvalue weighted by atomic mass is 10.0. The van der Waals surface area contributed by atoms with Crippen LogP contribution in [0.25, 0.3) is 22.2 Å². The first-order valence-corrected chi connectivity index (χ1v) is 12.0. The number of nitrogens with zero attached hydrogens (tertiary/aromatic N) is 4. The van der Waals surface area contributed by atoms with Crippen molar-refractivity contribution < 1.29 is 4.39 Å². The largest absolute Gasteiger partial charge is 0.354 e. The Morgan fingerprint density at radius 2 is 2.09 bits per heavy atom. The Kier molecular flexibility index (Phi) is 6.22. The van der Waals surface area contributed by atoms with Crippen LogP contribution in [0.2, 0.25) is 0 Å². The SMILES string of the molecule is C=C1C=C(c2ccc(N3CCN[C@H](C)C3)nc2)C=CN1/C(=C\C)c1cc(C)nc2ccc(F)cc12. The molecule has 0 saturated carbocycles. The number of anilines is 1. The number of aromatic nitrogens is 2. The number of hydrogen-bond donors (Lipinski definition) is 1. The van der Waals surface area contributed by atoms with E-state index in [1.807, 2.05) is 43.3 Å². The highest BCUT2D eigenvalue weighted by molar-refractivity contribution is 5.92. The molecule has 4 heterocycles. The van der Waals surface area contributed by atoms with E-state index in [4.69, 9.17) is 4.98 Å². The van der Waals surface area contributed by atoms with Crippen molar-refractivity contribution in [3.63, 3.8) is 0 Å². The molecule has 0 aliphatic carbocycles. The van der Waals surface area contributed by atoms with Crippen LogP contribution in [-0.2, 0) is 0 Å². The highest BCUT2D eigenvalue weighted by Gasteiger charge is 2.20. The molecular weight excluding hydrogens is 437 g/mol. The quantitative estimate of drug-likeness (QED) is 0.536. The molecule has 1 saturated heterocycles. The third-order valence-corrected chi connectivity index (χ3v) is 6.52. The second-order valence-corrected chi connectivity index (χ2v) is 9.13. The molecule has 0 unspecified atom stereocenters. The van der Waals surface area contributed by atoms with Gasteiger partial charge in [0, 0.05) is 71.7 Å². The number of fused-ring (bicyclic) bond motifs is 1. The number of rotatable bonds is 4. The summed E-state index contributed by atoms with van der Waals surface area (Å²) < 4.78 is 14.1. The molecule has 2 aliphatic rings. The number of piperazine rings is 1. The predicted octanol–water partition coefficient (Wildman–Crippen LogP) is 5.66. The Bertz CT molecular complexity index is 1370. The van der Waals surface area contributed by atoms with Crippen molar-refractivity contribution in [3.8, 4) is 0 Å². The smallest absolute Gasteiger partial charge is 0.128 e. The number of hydrogen-bond acceptors (Lipinski definition) is 5. The predicted molar refractivity (Wildman–Crippen MR) is 142 cm³/mol. The van der Waals surface area contributed by atoms with Gasteiger partial charge in [0.05, 0.1) is 5.52 Å². The fraction of sp³-hybridized carbons (Fsp3) is 0.241. The lowest BCUT2D eigenvalue weighted by molar-refractivity contribution is 0.482. The summed E-state index contributed by atoms with van der Waals surface area (Å²) in [6.07, 6.45) is 10.1. The van der Waals surface area contributed by atoms with Crippen LogP contribution in [-0.4, -0.2) is 40.5 Å². The number of pyridine rings is 2. The Morgan fingerprint density at radius 3 is 2.80 bits per heavy atom. The van der Waals surface area contributed by atoms with Gasteiger partial charge in [0.15, 0.2) is 0 Å². The van der Waals surface area contributed by atoms with Crippen LogP contribution in [0.3, 0.4) is 0 Å². The van der Waals surface area contributed by atoms with Crippen LogP contribution in [0.1, 0.15) is 30.7 Å². The van der Waals surface area contributed by atoms with Crippen molar-refractivity contribution in [2.45, 2.75) is 26.8 Å². The standard InChI is InChI=1S/C29H30FN5/c1-5-28(26-14-19(2)33-27-8-7-24(30)16-25(26)27)35-12-10-22(15-21(35)4)23-6-9-29(32-17-23)34-13-11-31-20(3)18-34/h5-10,12,14-17,20,31H,4,11,13,18H2,1-3H3/b28-5-/t20-/m1/s1. The fourth-order valence-electron chi connectivity index (χ4n) is 4.81. The number of benzene rings is 1. The van der Waals surface area contributed by atoms with Crippen LogP contribution < -0.4 is 10.2 Å². The molecule has 0 radical (unpaired) electrons. The molecular formula is C29H30FN5. The van der Waals surface area contributed by atoms with Gasteiger partial charge >= 0.3 is 0 Å². The van der Waals surface area contributed by atoms with Gasteiger partial charge in [-0.1, -0.05) is 12.7 Å². The molecule has 5 nitrogen and oxygen atoms in total. The van der Waals surface area contributed by atoms with Gasteiger partial charge in [0.25, 0.3) is 0 Å². The maximum Gasteiger partial charge on any atom is 0.128 e. The zero-order valence-corrected chi connectivity index (χ0v) is 20.4. The summed E-state index contributed by atoms with van der Waals surface area (Å²) in [6.45, 7) is 13.3. The lowest BCUT2D eigenvalue weighted by Crippen LogP contribution is -2.49. The summed E-state index contributed by atoms with van der Waals surface area (Å²) >= 11 is 0. The molecule has 1 atom stereocenters. The first kappa shape index (κ1) is 23.0. The minimum absolute atomic E-state index is 0.277. The van der Waals surface area contributed by atoms with Crippen LogP contribution in [0.4, 0.5) is 10.2 Å². The maximum absolute atomic E-state index is 14.1. The van der Waals surface area contributed by atoms with Crippen LogP contribution in [0.5, 0.6) is 0 Å². The first-order valence-electron chi connectivity index (χ1n) is 12.0. The Morgan fingerprint density at radius 1 is 1.23 bits per heavy atom. The molecule has 1 N–H and O–H groups in total. The summed E-state index contributed by atoms with van der Waals surface area (Å²) in [7, 11) is 0. The summed E-state index contributed by atoms with van der Waals surface area (Å²) in [5.74, 6) is 0.729. The van der Waals surface area contributed by atoms with Gasteiger partial charge in [-0.25, -0.2) is 9.37 Å². The van der Waals surface area contributed by atoms with E-state index in [2.05, 4.69) is 53.0 Å². The maximum atomic E-state index is 14.1. The molecule has 6 heteroatoms. The van der Waals surface area contributed by atoms with Crippen molar-refractivity contribution in [1.29, 1.82) is 0 Å². The monoisotopic (exact) mass is 467 g/mol. The van der Waals surface area contributed by atoms with Gasteiger partial charge < -0.3 is 15.1 Å². The van der Waals surface area contributed by atoms with Gasteiger partial charge in [0.2, 0.25) is 0 Å². The normalized spacial score (nSPS) is 18.9. The van der Waals surface area contributed by atoms with Crippen molar-refractivity contribution in [3.05, 3.63) is 102 Å². The molecule has 2 aliphatic heterocycles. The Balaban J connectivity index is 1.41. The van der Waals surface area contributed by atoms with E-state index < -0.39 is 0 Å². The van der Waals surface area contributed by atoms with E-state index in [9.17, 15) is 4.39 Å². The number of allylic oxidation sites excluding steroid dienone is 4. The van der Waals surface area contributed by atoms with Gasteiger partial charge in [0.1, 0.15) is 11.6 Å². The fourth-order valence-corrected chi connectivity index (χ4v) is 4.81. The van der Waals surface area contributed by atoms with E-state index in [-0.39, 0.29) is 5.82 Å². The van der Waals surface area contributed by atoms with Gasteiger partial charge in [-0.15, -0.1) is 0 Å². The molecule has 1 fully saturated rings. The molecule has 0 spiro atoms. The van der Waals surface area contributed by atoms with E-state index in [1.165, 1.54) is 6.07 Å². The van der Waals surface area contributed by atoms with Gasteiger partial charge in [-0.3, -0.25) is 4.98 Å². The van der Waals surface area contributed by atoms with Crippen LogP contribution >= 0.6 is 0 Å². The van der Waals surface area contributed by atoms with Crippen LogP contribution in [0, 0.1) is 12.7 Å². The molecule has 2 aromatic heterocycles. The Hall–Kier alpha value is -3.77. The third-order valence-electron chi connectivity index (χ3n) is 6.52. The topological polar surface area (TPSA) is 44.3 Å². The number of halogens is 1. The first-order chi connectivity index (χ1) is 16.9. The summed E-state index contributed by atoms with van der Waals surface area (Å²) in [5, 5.41) is 4.25. The molecule has 35 heavy (non-hydrogen) atoms. The van der Waals surface area contributed by atoms with E-state index in [0.29, 0.717) is 6.04 Å². The number of nitrogens with one attached hydrogen (secondary N) is 1. The van der Waals surface area contributed by atoms with Crippen LogP contribution in [0.15, 0.2) is 79.3 Å². The third kappa shape index (κ3) is 4.62. The average Bonchev–Trinajstić information content (AvgIpc) is 2.86. The summed E-state index contributed by atoms with van der Waals surface area (Å²) in [4.78, 5) is 13.7. The molecule has 5 rings (SSSR count). The van der Waals surface area contributed by atoms with Crippen molar-refractivity contribution in [1.82, 2.24) is 20.2 Å². The summed E-state index contributed by atoms with van der Waals surface area (Å²) in [5.41, 5.74) is 6.44. The highest BCUT2D eigenvalue weighted by Crippen LogP contribution is 2.34. The molecule has 1 aromatic carbocycles. The van der Waals surface area contributed by atoms with Gasteiger partial charge in [-0.05, 0) is 74.9 Å². The Labute approximate surface area is 206 Å². The van der Waals surface area contributed by atoms with Gasteiger partial charge in [-0.2, -0.15) is 0 Å². The summed E-state index contributed by atoms with van der Waals surface area (Å²) in [6, 6.07) is 11.4. The molecule has 0 amide bonds. The molecule has 0 bridgehead atoms. The zero-order valence-electron chi connectivity index (χ0n) is 20.4. The number of aryl methyl sites for hydroxylation is 1. The second kappa shape index (κ2) is 9.47. The molecule has 178 valence electrons. The minimum atomic E-state index is -0.277. The lowest BCUT2D eigenvalue weighted by Gasteiger charge is -2.32. The van der Waals surface area contributed by atoms with Crippen molar-refractivity contribution >= 4 is 28.0 Å². The van der Waals surface area contributed by atoms with E-state index in [0.717, 1.165) is 70.1 Å². The van der Waals surface area contributed by atoms with Crippen molar-refractivity contribution in [2.24, 2.45) is 0 Å². The molecule has 3 aromatic rings. The average molecular weight is 468 g/mol. The minimum Gasteiger partial charge on any atom is -0.354 e. The zero-order chi connectivity index (χ0) is 24.5. The second-order valence-electron chi connectivity index (χ2n) is 9.13. The highest BCUT2D eigenvalue weighted by atomic mass is 19.1. The van der Waals surface area contributed by atoms with E-state index in [1.54, 1.807) is 12.1 Å². The van der Waals surface area contributed by atoms with Crippen molar-refractivity contribution in [2.75, 3.05) is 24.5 Å².